The standard InChI is InChI=1S/C17H14FN3O7/c1-27-14-7-6-10(21(25)26)8-11(14)16(23)28-9-15(22)20-17(24)19-13-5-3-2-4-12(13)18/h2-8H,9H2,1H3,(H2,19,20,22,24). The molecule has 0 aliphatic carbocycles. The van der Waals surface area contributed by atoms with Crippen LogP contribution in [-0.4, -0.2) is 36.5 Å². The third-order valence-corrected chi connectivity index (χ3v) is 3.32. The van der Waals surface area contributed by atoms with Gasteiger partial charge in [-0.25, -0.2) is 14.0 Å². The summed E-state index contributed by atoms with van der Waals surface area (Å²) < 4.78 is 23.1. The van der Waals surface area contributed by atoms with Gasteiger partial charge in [0.15, 0.2) is 6.61 Å². The largest absolute Gasteiger partial charge is 0.496 e. The number of nitro groups is 1. The Hall–Kier alpha value is -4.02. The first-order chi connectivity index (χ1) is 13.3. The Labute approximate surface area is 157 Å². The van der Waals surface area contributed by atoms with E-state index >= 15 is 0 Å². The van der Waals surface area contributed by atoms with Crippen molar-refractivity contribution >= 4 is 29.3 Å². The maximum absolute atomic E-state index is 13.4. The molecule has 0 saturated carbocycles. The number of esters is 1. The quantitative estimate of drug-likeness (QED) is 0.438. The van der Waals surface area contributed by atoms with Gasteiger partial charge in [0, 0.05) is 12.1 Å². The molecule has 0 radical (unpaired) electrons. The van der Waals surface area contributed by atoms with Crippen LogP contribution in [0.15, 0.2) is 42.5 Å². The molecule has 0 unspecified atom stereocenters. The zero-order valence-electron chi connectivity index (χ0n) is 14.4. The van der Waals surface area contributed by atoms with Crippen molar-refractivity contribution in [2.24, 2.45) is 0 Å². The number of amides is 3. The molecule has 2 rings (SSSR count). The van der Waals surface area contributed by atoms with E-state index in [1.807, 2.05) is 5.32 Å². The number of anilines is 1. The van der Waals surface area contributed by atoms with Gasteiger partial charge < -0.3 is 14.8 Å². The molecule has 0 atom stereocenters. The van der Waals surface area contributed by atoms with Crippen LogP contribution in [0, 0.1) is 15.9 Å². The number of halogens is 1. The number of imide groups is 1. The smallest absolute Gasteiger partial charge is 0.342 e. The summed E-state index contributed by atoms with van der Waals surface area (Å²) >= 11 is 0. The Bertz CT molecular complexity index is 933. The molecular weight excluding hydrogens is 377 g/mol. The molecule has 0 aromatic heterocycles. The van der Waals surface area contributed by atoms with Crippen molar-refractivity contribution in [2.45, 2.75) is 0 Å². The molecule has 0 spiro atoms. The number of nitrogens with zero attached hydrogens (tertiary/aromatic N) is 1. The highest BCUT2D eigenvalue weighted by Gasteiger charge is 2.20. The van der Waals surface area contributed by atoms with Crippen LogP contribution in [-0.2, 0) is 9.53 Å². The first kappa shape index (κ1) is 20.3. The van der Waals surface area contributed by atoms with Crippen LogP contribution < -0.4 is 15.4 Å². The molecule has 0 aliphatic heterocycles. The summed E-state index contributed by atoms with van der Waals surface area (Å²) in [4.78, 5) is 45.5. The lowest BCUT2D eigenvalue weighted by molar-refractivity contribution is -0.384. The first-order valence-electron chi connectivity index (χ1n) is 7.66. The lowest BCUT2D eigenvalue weighted by Gasteiger charge is -2.09. The molecule has 0 bridgehead atoms. The second-order valence-corrected chi connectivity index (χ2v) is 5.20. The summed E-state index contributed by atoms with van der Waals surface area (Å²) in [6.07, 6.45) is 0. The fourth-order valence-electron chi connectivity index (χ4n) is 2.06. The molecule has 0 fully saturated rings. The number of hydrogen-bond acceptors (Lipinski definition) is 7. The van der Waals surface area contributed by atoms with Crippen LogP contribution >= 0.6 is 0 Å². The number of carbonyl (C=O) groups is 3. The molecule has 146 valence electrons. The van der Waals surface area contributed by atoms with Gasteiger partial charge in [-0.05, 0) is 18.2 Å². The number of hydrogen-bond donors (Lipinski definition) is 2. The van der Waals surface area contributed by atoms with E-state index in [9.17, 15) is 28.9 Å². The van der Waals surface area contributed by atoms with Crippen LogP contribution in [0.25, 0.3) is 0 Å². The summed E-state index contributed by atoms with van der Waals surface area (Å²) in [5.74, 6) is -2.75. The molecule has 11 heteroatoms. The fourth-order valence-corrected chi connectivity index (χ4v) is 2.06. The van der Waals surface area contributed by atoms with Crippen LogP contribution in [0.4, 0.5) is 20.6 Å². The number of rotatable bonds is 6. The summed E-state index contributed by atoms with van der Waals surface area (Å²) in [5, 5.41) is 14.8. The molecule has 0 aliphatic rings. The number of nitro benzene ring substituents is 1. The molecule has 0 heterocycles. The van der Waals surface area contributed by atoms with Gasteiger partial charge in [-0.15, -0.1) is 0 Å². The van der Waals surface area contributed by atoms with Crippen molar-refractivity contribution < 1.29 is 33.2 Å². The Morgan fingerprint density at radius 2 is 1.89 bits per heavy atom. The summed E-state index contributed by atoms with van der Waals surface area (Å²) in [7, 11) is 1.25. The van der Waals surface area contributed by atoms with Crippen molar-refractivity contribution in [1.29, 1.82) is 0 Å². The van der Waals surface area contributed by atoms with Gasteiger partial charge in [0.05, 0.1) is 17.7 Å². The van der Waals surface area contributed by atoms with Gasteiger partial charge in [0.2, 0.25) is 0 Å². The molecule has 3 amide bonds. The summed E-state index contributed by atoms with van der Waals surface area (Å²) in [6, 6.07) is 7.55. The lowest BCUT2D eigenvalue weighted by atomic mass is 10.2. The number of carbonyl (C=O) groups excluding carboxylic acids is 3. The van der Waals surface area contributed by atoms with E-state index < -0.39 is 35.3 Å². The average Bonchev–Trinajstić information content (AvgIpc) is 2.67. The van der Waals surface area contributed by atoms with E-state index in [1.54, 1.807) is 0 Å². The SMILES string of the molecule is COc1ccc([N+](=O)[O-])cc1C(=O)OCC(=O)NC(=O)Nc1ccccc1F. The van der Waals surface area contributed by atoms with E-state index in [-0.39, 0.29) is 22.7 Å². The molecule has 2 aromatic carbocycles. The van der Waals surface area contributed by atoms with Gasteiger partial charge in [0.25, 0.3) is 11.6 Å². The normalized spacial score (nSPS) is 9.93. The minimum absolute atomic E-state index is 0.00769. The topological polar surface area (TPSA) is 137 Å². The predicted octanol–water partition coefficient (Wildman–Crippen LogP) is 2.25. The zero-order valence-corrected chi connectivity index (χ0v) is 14.4. The second kappa shape index (κ2) is 9.07. The average molecular weight is 391 g/mol. The maximum Gasteiger partial charge on any atom is 0.342 e. The van der Waals surface area contributed by atoms with Crippen LogP contribution in [0.1, 0.15) is 10.4 Å². The van der Waals surface area contributed by atoms with E-state index in [4.69, 9.17) is 9.47 Å². The molecule has 0 saturated heterocycles. The van der Waals surface area contributed by atoms with E-state index in [2.05, 4.69) is 5.32 Å². The Kier molecular flexibility index (Phi) is 6.58. The number of benzene rings is 2. The van der Waals surface area contributed by atoms with E-state index in [0.717, 1.165) is 18.2 Å². The minimum atomic E-state index is -1.06. The van der Waals surface area contributed by atoms with Crippen molar-refractivity contribution in [2.75, 3.05) is 19.0 Å². The lowest BCUT2D eigenvalue weighted by Crippen LogP contribution is -2.37. The van der Waals surface area contributed by atoms with Gasteiger partial charge in [-0.2, -0.15) is 0 Å². The molecule has 28 heavy (non-hydrogen) atoms. The Balaban J connectivity index is 1.94. The Morgan fingerprint density at radius 1 is 1.18 bits per heavy atom. The van der Waals surface area contributed by atoms with Gasteiger partial charge in [0.1, 0.15) is 17.1 Å². The number of methoxy groups -OCH3 is 1. The minimum Gasteiger partial charge on any atom is -0.496 e. The monoisotopic (exact) mass is 391 g/mol. The summed E-state index contributed by atoms with van der Waals surface area (Å²) in [5.41, 5.74) is -0.784. The maximum atomic E-state index is 13.4. The first-order valence-corrected chi connectivity index (χ1v) is 7.66. The number of ether oxygens (including phenoxy) is 2. The highest BCUT2D eigenvalue weighted by molar-refractivity contribution is 6.02. The molecule has 2 N–H and O–H groups in total. The molecule has 10 nitrogen and oxygen atoms in total. The number of non-ortho nitro benzene ring substituents is 1. The van der Waals surface area contributed by atoms with Crippen molar-refractivity contribution in [3.63, 3.8) is 0 Å². The van der Waals surface area contributed by atoms with Crippen LogP contribution in [0.3, 0.4) is 0 Å². The predicted molar refractivity (Wildman–Crippen MR) is 93.5 cm³/mol. The van der Waals surface area contributed by atoms with Crippen molar-refractivity contribution in [3.05, 3.63) is 64.0 Å². The molecule has 2 aromatic rings. The number of para-hydroxylation sites is 1. The second-order valence-electron chi connectivity index (χ2n) is 5.20. The number of nitrogens with one attached hydrogen (secondary N) is 2. The zero-order chi connectivity index (χ0) is 20.7. The number of urea groups is 1. The van der Waals surface area contributed by atoms with E-state index in [1.165, 1.54) is 31.4 Å². The van der Waals surface area contributed by atoms with E-state index in [0.29, 0.717) is 0 Å². The highest BCUT2D eigenvalue weighted by atomic mass is 19.1. The fraction of sp³-hybridized carbons (Fsp3) is 0.118. The van der Waals surface area contributed by atoms with Crippen LogP contribution in [0.5, 0.6) is 5.75 Å². The summed E-state index contributed by atoms with van der Waals surface area (Å²) in [6.45, 7) is -0.852. The van der Waals surface area contributed by atoms with Crippen LogP contribution in [0.2, 0.25) is 0 Å². The molecular formula is C17H14FN3O7. The third-order valence-electron chi connectivity index (χ3n) is 3.32. The van der Waals surface area contributed by atoms with Gasteiger partial charge in [-0.1, -0.05) is 12.1 Å². The van der Waals surface area contributed by atoms with Gasteiger partial charge in [-0.3, -0.25) is 20.2 Å². The third kappa shape index (κ3) is 5.24. The van der Waals surface area contributed by atoms with Crippen molar-refractivity contribution in [1.82, 2.24) is 5.32 Å². The highest BCUT2D eigenvalue weighted by Crippen LogP contribution is 2.24. The Morgan fingerprint density at radius 3 is 2.54 bits per heavy atom. The van der Waals surface area contributed by atoms with Crippen molar-refractivity contribution in [3.8, 4) is 5.75 Å². The van der Waals surface area contributed by atoms with Gasteiger partial charge >= 0.3 is 12.0 Å².